The van der Waals surface area contributed by atoms with Gasteiger partial charge in [-0.2, -0.15) is 13.2 Å². The molecule has 0 radical (unpaired) electrons. The number of hydrogen-bond acceptors (Lipinski definition) is 4. The quantitative estimate of drug-likeness (QED) is 0.829. The molecule has 2 rings (SSSR count). The number of para-hydroxylation sites is 1. The first-order valence-electron chi connectivity index (χ1n) is 5.46. The summed E-state index contributed by atoms with van der Waals surface area (Å²) in [5, 5.41) is 4.11. The van der Waals surface area contributed by atoms with Crippen molar-refractivity contribution in [3.05, 3.63) is 18.2 Å². The highest BCUT2D eigenvalue weighted by Gasteiger charge is 2.59. The molecule has 9 heteroatoms. The van der Waals surface area contributed by atoms with Crippen molar-refractivity contribution in [2.75, 3.05) is 16.9 Å². The Labute approximate surface area is 113 Å². The third-order valence-corrected chi connectivity index (χ3v) is 4.21. The Bertz CT molecular complexity index is 685. The maximum atomic E-state index is 13.0. The Morgan fingerprint density at radius 3 is 2.35 bits per heavy atom. The van der Waals surface area contributed by atoms with Crippen LogP contribution in [0.3, 0.4) is 0 Å². The highest BCUT2D eigenvalue weighted by Crippen LogP contribution is 2.42. The zero-order valence-electron chi connectivity index (χ0n) is 10.5. The lowest BCUT2D eigenvalue weighted by molar-refractivity contribution is -0.179. The molecule has 0 saturated carbocycles. The van der Waals surface area contributed by atoms with Gasteiger partial charge in [-0.25, -0.2) is 8.42 Å². The van der Waals surface area contributed by atoms with Crippen LogP contribution >= 0.6 is 0 Å². The van der Waals surface area contributed by atoms with Crippen molar-refractivity contribution >= 4 is 27.1 Å². The van der Waals surface area contributed by atoms with Crippen molar-refractivity contribution in [2.45, 2.75) is 23.5 Å². The van der Waals surface area contributed by atoms with E-state index in [4.69, 9.17) is 0 Å². The average Bonchev–Trinajstić information content (AvgIpc) is 2.27. The average molecular weight is 308 g/mol. The van der Waals surface area contributed by atoms with Crippen LogP contribution < -0.4 is 10.6 Å². The monoisotopic (exact) mass is 308 g/mol. The summed E-state index contributed by atoms with van der Waals surface area (Å²) in [4.78, 5) is 11.5. The van der Waals surface area contributed by atoms with Gasteiger partial charge in [0, 0.05) is 6.26 Å². The lowest BCUT2D eigenvalue weighted by Crippen LogP contribution is -2.60. The molecule has 0 saturated heterocycles. The molecule has 5 nitrogen and oxygen atoms in total. The van der Waals surface area contributed by atoms with Gasteiger partial charge in [0.2, 0.25) is 5.54 Å². The molecule has 20 heavy (non-hydrogen) atoms. The van der Waals surface area contributed by atoms with Crippen molar-refractivity contribution in [2.24, 2.45) is 0 Å². The molecule has 0 spiro atoms. The Balaban J connectivity index is 2.62. The molecule has 1 unspecified atom stereocenters. The molecule has 0 aliphatic carbocycles. The van der Waals surface area contributed by atoms with Gasteiger partial charge in [-0.05, 0) is 19.1 Å². The summed E-state index contributed by atoms with van der Waals surface area (Å²) in [6.45, 7) is 0.693. The maximum absolute atomic E-state index is 13.0. The van der Waals surface area contributed by atoms with E-state index >= 15 is 0 Å². The summed E-state index contributed by atoms with van der Waals surface area (Å²) in [5.74, 6) is -1.35. The maximum Gasteiger partial charge on any atom is 0.420 e. The first-order valence-corrected chi connectivity index (χ1v) is 7.35. The highest BCUT2D eigenvalue weighted by atomic mass is 32.2. The summed E-state index contributed by atoms with van der Waals surface area (Å²) >= 11 is 0. The number of fused-ring (bicyclic) bond motifs is 1. The zero-order chi connectivity index (χ0) is 15.3. The van der Waals surface area contributed by atoms with Gasteiger partial charge in [-0.3, -0.25) is 4.79 Å². The van der Waals surface area contributed by atoms with Crippen LogP contribution in [-0.4, -0.2) is 32.3 Å². The van der Waals surface area contributed by atoms with Crippen LogP contribution in [0.2, 0.25) is 0 Å². The fourth-order valence-electron chi connectivity index (χ4n) is 1.84. The van der Waals surface area contributed by atoms with Gasteiger partial charge in [0.25, 0.3) is 5.91 Å². The molecular weight excluding hydrogens is 297 g/mol. The summed E-state index contributed by atoms with van der Waals surface area (Å²) < 4.78 is 62.0. The second-order valence-electron chi connectivity index (χ2n) is 4.65. The molecule has 1 amide bonds. The van der Waals surface area contributed by atoms with Crippen LogP contribution in [0.5, 0.6) is 0 Å². The SMILES string of the molecule is CC1(C(F)(F)F)Nc2cccc(S(C)(=O)=O)c2NC1=O. The van der Waals surface area contributed by atoms with E-state index in [1.165, 1.54) is 18.2 Å². The van der Waals surface area contributed by atoms with E-state index in [-0.39, 0.29) is 16.3 Å². The number of anilines is 2. The first kappa shape index (κ1) is 14.6. The summed E-state index contributed by atoms with van der Waals surface area (Å²) in [6.07, 6.45) is -3.91. The third kappa shape index (κ3) is 2.11. The van der Waals surface area contributed by atoms with E-state index in [9.17, 15) is 26.4 Å². The van der Waals surface area contributed by atoms with Gasteiger partial charge in [-0.15, -0.1) is 0 Å². The third-order valence-electron chi connectivity index (χ3n) is 3.07. The minimum absolute atomic E-state index is 0.0904. The highest BCUT2D eigenvalue weighted by molar-refractivity contribution is 7.90. The molecule has 0 fully saturated rings. The molecule has 0 aromatic heterocycles. The van der Waals surface area contributed by atoms with Crippen molar-refractivity contribution in [3.8, 4) is 0 Å². The number of hydrogen-bond donors (Lipinski definition) is 2. The Morgan fingerprint density at radius 2 is 1.85 bits per heavy atom. The second-order valence-corrected chi connectivity index (χ2v) is 6.64. The molecule has 1 aliphatic rings. The van der Waals surface area contributed by atoms with E-state index < -0.39 is 27.5 Å². The molecule has 2 N–H and O–H groups in total. The fraction of sp³-hybridized carbons (Fsp3) is 0.364. The summed E-state index contributed by atoms with van der Waals surface area (Å²) in [5.41, 5.74) is -3.06. The topological polar surface area (TPSA) is 75.3 Å². The molecule has 0 bridgehead atoms. The number of benzene rings is 1. The minimum Gasteiger partial charge on any atom is -0.362 e. The smallest absolute Gasteiger partial charge is 0.362 e. The number of rotatable bonds is 1. The lowest BCUT2D eigenvalue weighted by atomic mass is 9.96. The Morgan fingerprint density at radius 1 is 1.25 bits per heavy atom. The number of nitrogens with one attached hydrogen (secondary N) is 2. The second kappa shape index (κ2) is 4.11. The van der Waals surface area contributed by atoms with Crippen LogP contribution in [-0.2, 0) is 14.6 Å². The van der Waals surface area contributed by atoms with Crippen LogP contribution in [0.1, 0.15) is 6.92 Å². The molecule has 1 aliphatic heterocycles. The van der Waals surface area contributed by atoms with Crippen molar-refractivity contribution in [1.82, 2.24) is 0 Å². The standard InChI is InChI=1S/C11H11F3N2O3S/c1-10(11(12,13)14)9(17)15-8-6(16-10)4-3-5-7(8)20(2,18)19/h3-5,16H,1-2H3,(H,15,17). The zero-order valence-corrected chi connectivity index (χ0v) is 11.3. The predicted octanol–water partition coefficient (Wildman–Crippen LogP) is 1.78. The molecule has 1 atom stereocenters. The fourth-order valence-corrected chi connectivity index (χ4v) is 2.69. The van der Waals surface area contributed by atoms with Crippen molar-refractivity contribution in [1.29, 1.82) is 0 Å². The van der Waals surface area contributed by atoms with Crippen LogP contribution in [0, 0.1) is 0 Å². The largest absolute Gasteiger partial charge is 0.420 e. The van der Waals surface area contributed by atoms with Gasteiger partial charge >= 0.3 is 6.18 Å². The lowest BCUT2D eigenvalue weighted by Gasteiger charge is -2.37. The number of alkyl halides is 3. The van der Waals surface area contributed by atoms with Crippen LogP contribution in [0.25, 0.3) is 0 Å². The Kier molecular flexibility index (Phi) is 3.01. The normalized spacial score (nSPS) is 22.8. The molecule has 1 heterocycles. The number of carbonyl (C=O) groups is 1. The summed E-state index contributed by atoms with van der Waals surface area (Å²) in [7, 11) is -3.68. The van der Waals surface area contributed by atoms with Gasteiger partial charge in [0.1, 0.15) is 0 Å². The van der Waals surface area contributed by atoms with E-state index in [2.05, 4.69) is 5.32 Å². The van der Waals surface area contributed by atoms with Gasteiger partial charge in [0.15, 0.2) is 9.84 Å². The first-order chi connectivity index (χ1) is 8.97. The molecule has 110 valence electrons. The number of amides is 1. The van der Waals surface area contributed by atoms with Crippen molar-refractivity contribution < 1.29 is 26.4 Å². The van der Waals surface area contributed by atoms with E-state index in [0.29, 0.717) is 6.92 Å². The minimum atomic E-state index is -4.82. The van der Waals surface area contributed by atoms with Gasteiger partial charge in [0.05, 0.1) is 16.3 Å². The molecule has 1 aromatic carbocycles. The molecule has 1 aromatic rings. The van der Waals surface area contributed by atoms with E-state index in [1.54, 1.807) is 0 Å². The summed E-state index contributed by atoms with van der Waals surface area (Å²) in [6, 6.07) is 3.79. The van der Waals surface area contributed by atoms with E-state index in [1.807, 2.05) is 5.32 Å². The van der Waals surface area contributed by atoms with E-state index in [0.717, 1.165) is 6.26 Å². The number of sulfone groups is 1. The van der Waals surface area contributed by atoms with Crippen LogP contribution in [0.15, 0.2) is 23.1 Å². The van der Waals surface area contributed by atoms with Gasteiger partial charge in [-0.1, -0.05) is 6.07 Å². The van der Waals surface area contributed by atoms with Gasteiger partial charge < -0.3 is 10.6 Å². The molecular formula is C11H11F3N2O3S. The number of halogens is 3. The van der Waals surface area contributed by atoms with Crippen LogP contribution in [0.4, 0.5) is 24.5 Å². The Hall–Kier alpha value is -1.77. The van der Waals surface area contributed by atoms with Crippen molar-refractivity contribution in [3.63, 3.8) is 0 Å². The number of carbonyl (C=O) groups excluding carboxylic acids is 1. The predicted molar refractivity (Wildman–Crippen MR) is 66.3 cm³/mol.